The second-order valence-electron chi connectivity index (χ2n) is 8.51. The van der Waals surface area contributed by atoms with E-state index in [0.29, 0.717) is 22.2 Å². The molecule has 0 fully saturated rings. The molecule has 0 atom stereocenters. The highest BCUT2D eigenvalue weighted by molar-refractivity contribution is 6.54. The molecule has 5 rings (SSSR count). The lowest BCUT2D eigenvalue weighted by Gasteiger charge is -2.14. The van der Waals surface area contributed by atoms with Gasteiger partial charge in [0, 0.05) is 17.3 Å². The van der Waals surface area contributed by atoms with Crippen molar-refractivity contribution in [2.24, 2.45) is 5.10 Å². The molecule has 0 radical (unpaired) electrons. The Morgan fingerprint density at radius 3 is 2.20 bits per heavy atom. The molecule has 5 aromatic rings. The van der Waals surface area contributed by atoms with Gasteiger partial charge in [-0.15, -0.1) is 0 Å². The van der Waals surface area contributed by atoms with Gasteiger partial charge in [-0.2, -0.15) is 5.10 Å². The molecule has 4 aromatic carbocycles. The number of amides is 1. The van der Waals surface area contributed by atoms with Crippen LogP contribution < -0.4 is 5.43 Å². The number of rotatable bonds is 7. The number of aromatic nitrogens is 2. The van der Waals surface area contributed by atoms with Crippen molar-refractivity contribution in [3.8, 4) is 11.4 Å². The van der Waals surface area contributed by atoms with Crippen LogP contribution in [0.2, 0.25) is 20.1 Å². The van der Waals surface area contributed by atoms with Crippen LogP contribution in [-0.2, 0) is 0 Å². The summed E-state index contributed by atoms with van der Waals surface area (Å²) in [5, 5.41) is 3.72. The van der Waals surface area contributed by atoms with Gasteiger partial charge in [0.05, 0.1) is 42.3 Å². The Morgan fingerprint density at radius 2 is 1.48 bits per heavy atom. The predicted octanol–water partition coefficient (Wildman–Crippen LogP) is 8.50. The van der Waals surface area contributed by atoms with Crippen LogP contribution in [0.4, 0.5) is 0 Å². The summed E-state index contributed by atoms with van der Waals surface area (Å²) in [6.07, 6.45) is 4.92. The summed E-state index contributed by atoms with van der Waals surface area (Å²) in [4.78, 5) is 33.9. The first-order valence-corrected chi connectivity index (χ1v) is 13.4. The minimum Gasteiger partial charge on any atom is -0.338 e. The number of carbonyl (C=O) groups excluding carboxylic acids is 2. The molecule has 1 heterocycles. The van der Waals surface area contributed by atoms with Crippen molar-refractivity contribution in [2.45, 2.75) is 0 Å². The average Bonchev–Trinajstić information content (AvgIpc) is 3.41. The molecule has 0 saturated heterocycles. The molecule has 0 bridgehead atoms. The van der Waals surface area contributed by atoms with Gasteiger partial charge >= 0.3 is 0 Å². The van der Waals surface area contributed by atoms with Gasteiger partial charge in [0.15, 0.2) is 5.78 Å². The van der Waals surface area contributed by atoms with Crippen LogP contribution >= 0.6 is 46.4 Å². The van der Waals surface area contributed by atoms with E-state index in [9.17, 15) is 9.59 Å². The molecule has 10 heteroatoms. The Labute approximate surface area is 249 Å². The normalized spacial score (nSPS) is 11.5. The second-order valence-corrected chi connectivity index (χ2v) is 10.0. The molecule has 2 N–H and O–H groups in total. The van der Waals surface area contributed by atoms with E-state index < -0.39 is 5.91 Å². The van der Waals surface area contributed by atoms with E-state index in [-0.39, 0.29) is 42.8 Å². The zero-order valence-electron chi connectivity index (χ0n) is 20.5. The number of hydrogen-bond acceptors (Lipinski definition) is 4. The lowest BCUT2D eigenvalue weighted by Crippen LogP contribution is -2.19. The maximum Gasteiger partial charge on any atom is 0.273 e. The summed E-state index contributed by atoms with van der Waals surface area (Å²) in [5.41, 5.74) is 5.58. The lowest BCUT2D eigenvalue weighted by molar-refractivity contribution is 0.0955. The summed E-state index contributed by atoms with van der Waals surface area (Å²) >= 11 is 25.7. The summed E-state index contributed by atoms with van der Waals surface area (Å²) < 4.78 is 0. The van der Waals surface area contributed by atoms with E-state index in [4.69, 9.17) is 46.4 Å². The molecule has 1 aromatic heterocycles. The number of allylic oxidation sites excluding steroid dienone is 1. The van der Waals surface area contributed by atoms with Gasteiger partial charge in [0.1, 0.15) is 5.82 Å². The summed E-state index contributed by atoms with van der Waals surface area (Å²) in [6.45, 7) is 0. The molecule has 0 saturated carbocycles. The summed E-state index contributed by atoms with van der Waals surface area (Å²) in [5.74, 6) is -0.610. The molecule has 0 spiro atoms. The van der Waals surface area contributed by atoms with Gasteiger partial charge in [-0.1, -0.05) is 113 Å². The highest BCUT2D eigenvalue weighted by Crippen LogP contribution is 2.45. The van der Waals surface area contributed by atoms with Crippen LogP contribution in [-0.4, -0.2) is 27.9 Å². The average molecular weight is 608 g/mol. The third-order valence-corrected chi connectivity index (χ3v) is 7.73. The maximum atomic E-state index is 13.2. The first-order valence-electron chi connectivity index (χ1n) is 11.9. The van der Waals surface area contributed by atoms with Crippen LogP contribution in [0.5, 0.6) is 0 Å². The minimum absolute atomic E-state index is 0.0196. The number of imidazole rings is 1. The summed E-state index contributed by atoms with van der Waals surface area (Å²) in [7, 11) is 0. The fourth-order valence-corrected chi connectivity index (χ4v) is 5.03. The Balaban J connectivity index is 1.49. The largest absolute Gasteiger partial charge is 0.338 e. The van der Waals surface area contributed by atoms with Crippen LogP contribution in [0.25, 0.3) is 28.5 Å². The van der Waals surface area contributed by atoms with Crippen molar-refractivity contribution in [2.75, 3.05) is 0 Å². The van der Waals surface area contributed by atoms with Crippen molar-refractivity contribution in [1.29, 1.82) is 0 Å². The highest BCUT2D eigenvalue weighted by Gasteiger charge is 2.28. The molecule has 0 unspecified atom stereocenters. The number of aromatic amines is 1. The topological polar surface area (TPSA) is 87.2 Å². The summed E-state index contributed by atoms with van der Waals surface area (Å²) in [6, 6.07) is 23.6. The van der Waals surface area contributed by atoms with Crippen molar-refractivity contribution in [1.82, 2.24) is 15.4 Å². The van der Waals surface area contributed by atoms with E-state index in [0.717, 1.165) is 5.56 Å². The number of carbonyl (C=O) groups is 2. The first-order chi connectivity index (χ1) is 19.3. The monoisotopic (exact) mass is 606 g/mol. The fourth-order valence-electron chi connectivity index (χ4n) is 4.01. The zero-order valence-corrected chi connectivity index (χ0v) is 23.5. The molecule has 6 nitrogen and oxygen atoms in total. The Bertz CT molecular complexity index is 1800. The number of halogens is 4. The molecule has 0 aliphatic carbocycles. The van der Waals surface area contributed by atoms with E-state index >= 15 is 0 Å². The van der Waals surface area contributed by atoms with Crippen molar-refractivity contribution >= 4 is 81.4 Å². The SMILES string of the molecule is O=C(c1ccccc1)c1ccc2nc(-c3c(Cl)c(Cl)c(Cl)c(Cl)c3C(=O)N/N=C\C=C\c3ccccc3)[nH]c2c1. The van der Waals surface area contributed by atoms with Crippen molar-refractivity contribution in [3.63, 3.8) is 0 Å². The standard InChI is InChI=1S/C30H18Cl4N4O2/c31-24-22(29-36-20-14-13-19(16-21(20)37-29)28(39)18-11-5-2-6-12-18)23(25(32)27(34)26(24)33)30(40)38-35-15-7-10-17-8-3-1-4-9-17/h1-16H,(H,36,37)(H,38,40)/b10-7+,35-15-. The van der Waals surface area contributed by atoms with E-state index in [1.54, 1.807) is 48.5 Å². The second kappa shape index (κ2) is 12.1. The quantitative estimate of drug-likeness (QED) is 0.0639. The van der Waals surface area contributed by atoms with E-state index in [1.165, 1.54) is 6.21 Å². The number of nitrogens with one attached hydrogen (secondary N) is 2. The lowest BCUT2D eigenvalue weighted by atomic mass is 10.0. The van der Waals surface area contributed by atoms with Gasteiger partial charge in [-0.25, -0.2) is 10.4 Å². The molecule has 0 aliphatic heterocycles. The van der Waals surface area contributed by atoms with Crippen LogP contribution in [0.1, 0.15) is 31.8 Å². The van der Waals surface area contributed by atoms with Crippen LogP contribution in [0.15, 0.2) is 90.0 Å². The maximum absolute atomic E-state index is 13.2. The third kappa shape index (κ3) is 5.67. The Hall–Kier alpha value is -3.94. The molecular formula is C30H18Cl4N4O2. The number of H-pyrrole nitrogens is 1. The smallest absolute Gasteiger partial charge is 0.273 e. The minimum atomic E-state index is -0.676. The number of hydrogen-bond donors (Lipinski definition) is 2. The van der Waals surface area contributed by atoms with Gasteiger partial charge in [-0.05, 0) is 29.8 Å². The molecule has 0 aliphatic rings. The molecule has 40 heavy (non-hydrogen) atoms. The van der Waals surface area contributed by atoms with E-state index in [1.807, 2.05) is 42.5 Å². The van der Waals surface area contributed by atoms with Crippen molar-refractivity contribution in [3.05, 3.63) is 127 Å². The highest BCUT2D eigenvalue weighted by atomic mass is 35.5. The predicted molar refractivity (Wildman–Crippen MR) is 163 cm³/mol. The van der Waals surface area contributed by atoms with Gasteiger partial charge in [-0.3, -0.25) is 9.59 Å². The Morgan fingerprint density at radius 1 is 0.800 bits per heavy atom. The number of nitrogens with zero attached hydrogens (tertiary/aromatic N) is 2. The van der Waals surface area contributed by atoms with Gasteiger partial charge < -0.3 is 4.98 Å². The van der Waals surface area contributed by atoms with Crippen LogP contribution in [0.3, 0.4) is 0 Å². The fraction of sp³-hybridized carbons (Fsp3) is 0. The first kappa shape index (κ1) is 27.6. The zero-order chi connectivity index (χ0) is 28.2. The molecule has 1 amide bonds. The third-order valence-electron chi connectivity index (χ3n) is 5.93. The Kier molecular flexibility index (Phi) is 8.33. The number of benzene rings is 4. The van der Waals surface area contributed by atoms with E-state index in [2.05, 4.69) is 20.5 Å². The number of ketones is 1. The van der Waals surface area contributed by atoms with Crippen molar-refractivity contribution < 1.29 is 9.59 Å². The molecule has 198 valence electrons. The van der Waals surface area contributed by atoms with Crippen LogP contribution in [0, 0.1) is 0 Å². The number of fused-ring (bicyclic) bond motifs is 1. The van der Waals surface area contributed by atoms with Gasteiger partial charge in [0.2, 0.25) is 0 Å². The number of hydrazone groups is 1. The van der Waals surface area contributed by atoms with Gasteiger partial charge in [0.25, 0.3) is 5.91 Å². The molecular weight excluding hydrogens is 590 g/mol.